The van der Waals surface area contributed by atoms with Gasteiger partial charge in [-0.05, 0) is 34.1 Å². The summed E-state index contributed by atoms with van der Waals surface area (Å²) in [5, 5.41) is 2.29. The number of aromatic nitrogens is 1. The van der Waals surface area contributed by atoms with Crippen LogP contribution in [0.5, 0.6) is 0 Å². The Balaban J connectivity index is 2.40. The number of benzene rings is 1. The second-order valence-corrected chi connectivity index (χ2v) is 5.18. The average molecular weight is 382 g/mol. The molecule has 0 unspecified atom stereocenters. The minimum Gasteiger partial charge on any atom is -0.333 e. The van der Waals surface area contributed by atoms with Gasteiger partial charge in [-0.25, -0.2) is 18.2 Å². The minimum absolute atomic E-state index is 0.252. The molecule has 2 aromatic rings. The first kappa shape index (κ1) is 13.4. The summed E-state index contributed by atoms with van der Waals surface area (Å²) in [5.41, 5.74) is -0.452. The van der Waals surface area contributed by atoms with Gasteiger partial charge in [-0.3, -0.25) is 0 Å². The highest BCUT2D eigenvalue weighted by Gasteiger charge is 2.13. The number of hydrogen-bond acceptors (Lipinski definition) is 2. The molecule has 1 N–H and O–H groups in total. The van der Waals surface area contributed by atoms with Gasteiger partial charge in [0.2, 0.25) is 0 Å². The molecule has 0 atom stereocenters. The van der Waals surface area contributed by atoms with Crippen LogP contribution in [-0.4, -0.2) is 4.98 Å². The van der Waals surface area contributed by atoms with Crippen molar-refractivity contribution < 1.29 is 13.2 Å². The molecule has 1 aromatic carbocycles. The third-order valence-corrected chi connectivity index (χ3v) is 2.95. The van der Waals surface area contributed by atoms with E-state index in [-0.39, 0.29) is 10.3 Å². The van der Waals surface area contributed by atoms with Crippen molar-refractivity contribution in [1.82, 2.24) is 4.98 Å². The summed E-state index contributed by atoms with van der Waals surface area (Å²) in [6, 6.07) is 3.29. The molecule has 2 rings (SSSR count). The summed E-state index contributed by atoms with van der Waals surface area (Å²) in [6.45, 7) is 0. The van der Waals surface area contributed by atoms with Gasteiger partial charge in [0.05, 0.1) is 0 Å². The molecule has 7 heteroatoms. The molecule has 0 saturated heterocycles. The van der Waals surface area contributed by atoms with Crippen molar-refractivity contribution in [2.24, 2.45) is 0 Å². The van der Waals surface area contributed by atoms with Gasteiger partial charge >= 0.3 is 0 Å². The third-order valence-electron chi connectivity index (χ3n) is 2.06. The highest BCUT2D eigenvalue weighted by molar-refractivity contribution is 9.10. The summed E-state index contributed by atoms with van der Waals surface area (Å²) in [4.78, 5) is 3.70. The molecule has 0 aliphatic heterocycles. The Kier molecular flexibility index (Phi) is 3.91. The van der Waals surface area contributed by atoms with E-state index in [2.05, 4.69) is 42.2 Å². The molecule has 0 spiro atoms. The fourth-order valence-electron chi connectivity index (χ4n) is 1.29. The van der Waals surface area contributed by atoms with Gasteiger partial charge in [0.1, 0.15) is 5.69 Å². The van der Waals surface area contributed by atoms with Crippen LogP contribution in [0.25, 0.3) is 0 Å². The molecular weight excluding hydrogens is 377 g/mol. The van der Waals surface area contributed by atoms with Gasteiger partial charge in [0.15, 0.2) is 23.3 Å². The van der Waals surface area contributed by atoms with Gasteiger partial charge in [-0.1, -0.05) is 15.9 Å². The van der Waals surface area contributed by atoms with Crippen LogP contribution in [0.15, 0.2) is 33.3 Å². The first-order valence-electron chi connectivity index (χ1n) is 4.70. The summed E-state index contributed by atoms with van der Waals surface area (Å²) < 4.78 is 41.2. The van der Waals surface area contributed by atoms with Crippen molar-refractivity contribution in [1.29, 1.82) is 0 Å². The van der Waals surface area contributed by atoms with Crippen molar-refractivity contribution >= 4 is 43.4 Å². The van der Waals surface area contributed by atoms with Crippen molar-refractivity contribution in [3.05, 3.63) is 50.8 Å². The second kappa shape index (κ2) is 5.27. The van der Waals surface area contributed by atoms with Crippen LogP contribution in [0.1, 0.15) is 0 Å². The van der Waals surface area contributed by atoms with E-state index in [4.69, 9.17) is 0 Å². The molecule has 0 radical (unpaired) electrons. The maximum absolute atomic E-state index is 13.5. The molecule has 0 saturated carbocycles. The maximum Gasteiger partial charge on any atom is 0.166 e. The van der Waals surface area contributed by atoms with Crippen LogP contribution in [0.3, 0.4) is 0 Å². The lowest BCUT2D eigenvalue weighted by molar-refractivity contribution is 0.587. The summed E-state index contributed by atoms with van der Waals surface area (Å²) >= 11 is 5.99. The third kappa shape index (κ3) is 2.84. The Bertz CT molecular complexity index is 582. The van der Waals surface area contributed by atoms with Crippen molar-refractivity contribution in [3.63, 3.8) is 0 Å². The zero-order valence-electron chi connectivity index (χ0n) is 8.65. The van der Waals surface area contributed by atoms with E-state index in [1.807, 2.05) is 0 Å². The van der Waals surface area contributed by atoms with E-state index in [0.29, 0.717) is 4.47 Å². The Morgan fingerprint density at radius 2 is 1.44 bits per heavy atom. The lowest BCUT2D eigenvalue weighted by atomic mass is 10.3. The topological polar surface area (TPSA) is 24.9 Å². The first-order valence-corrected chi connectivity index (χ1v) is 6.28. The van der Waals surface area contributed by atoms with Gasteiger partial charge in [-0.2, -0.15) is 0 Å². The van der Waals surface area contributed by atoms with Crippen LogP contribution in [0.2, 0.25) is 0 Å². The first-order chi connectivity index (χ1) is 8.47. The highest BCUT2D eigenvalue weighted by atomic mass is 79.9. The Morgan fingerprint density at radius 3 is 2.00 bits per heavy atom. The number of anilines is 2. The number of nitrogens with zero attached hydrogens (tertiary/aromatic N) is 1. The van der Waals surface area contributed by atoms with Gasteiger partial charge in [0.25, 0.3) is 0 Å². The van der Waals surface area contributed by atoms with Gasteiger partial charge in [-0.15, -0.1) is 0 Å². The molecular formula is C11H5Br2F3N2. The summed E-state index contributed by atoms with van der Waals surface area (Å²) in [5.74, 6) is -2.65. The maximum atomic E-state index is 13.5. The minimum atomic E-state index is -0.842. The number of halogens is 5. The van der Waals surface area contributed by atoms with Crippen molar-refractivity contribution in [2.75, 3.05) is 5.32 Å². The van der Waals surface area contributed by atoms with E-state index in [9.17, 15) is 13.2 Å². The molecule has 1 aromatic heterocycles. The van der Waals surface area contributed by atoms with E-state index in [1.165, 1.54) is 6.20 Å². The second-order valence-electron chi connectivity index (χ2n) is 3.35. The monoisotopic (exact) mass is 380 g/mol. The fourth-order valence-corrected chi connectivity index (χ4v) is 1.99. The lowest BCUT2D eigenvalue weighted by Gasteiger charge is -2.09. The predicted octanol–water partition coefficient (Wildman–Crippen LogP) is 4.77. The van der Waals surface area contributed by atoms with Gasteiger partial charge in [0, 0.05) is 15.1 Å². The quantitative estimate of drug-likeness (QED) is 0.810. The van der Waals surface area contributed by atoms with E-state index in [0.717, 1.165) is 18.2 Å². The summed E-state index contributed by atoms with van der Waals surface area (Å²) in [6.07, 6.45) is 1.32. The molecule has 94 valence electrons. The van der Waals surface area contributed by atoms with Crippen LogP contribution in [-0.2, 0) is 0 Å². The highest BCUT2D eigenvalue weighted by Crippen LogP contribution is 2.27. The van der Waals surface area contributed by atoms with Gasteiger partial charge < -0.3 is 5.32 Å². The molecule has 0 bridgehead atoms. The number of rotatable bonds is 2. The molecule has 0 amide bonds. The standard InChI is InChI=1S/C11H5Br2F3N2/c12-5-1-7(14)10(8(15)2-5)18-11-9(16)3-6(13)4-17-11/h1-4H,(H,17,18). The van der Waals surface area contributed by atoms with Crippen LogP contribution in [0.4, 0.5) is 24.7 Å². The predicted molar refractivity (Wildman–Crippen MR) is 69.2 cm³/mol. The number of hydrogen-bond donors (Lipinski definition) is 1. The van der Waals surface area contributed by atoms with Crippen LogP contribution in [0, 0.1) is 17.5 Å². The van der Waals surface area contributed by atoms with E-state index < -0.39 is 23.1 Å². The smallest absolute Gasteiger partial charge is 0.166 e. The average Bonchev–Trinajstić information content (AvgIpc) is 2.25. The fraction of sp³-hybridized carbons (Fsp3) is 0. The van der Waals surface area contributed by atoms with Crippen LogP contribution < -0.4 is 5.32 Å². The van der Waals surface area contributed by atoms with Crippen LogP contribution >= 0.6 is 31.9 Å². The lowest BCUT2D eigenvalue weighted by Crippen LogP contribution is -2.01. The molecule has 0 aliphatic rings. The molecule has 18 heavy (non-hydrogen) atoms. The Morgan fingerprint density at radius 1 is 0.889 bits per heavy atom. The zero-order valence-corrected chi connectivity index (χ0v) is 11.8. The SMILES string of the molecule is Fc1cc(Br)cnc1Nc1c(F)cc(Br)cc1F. The van der Waals surface area contributed by atoms with Crippen molar-refractivity contribution in [2.45, 2.75) is 0 Å². The number of nitrogens with one attached hydrogen (secondary N) is 1. The molecule has 0 aliphatic carbocycles. The Labute approximate surface area is 117 Å². The Hall–Kier alpha value is -1.08. The molecule has 1 heterocycles. The van der Waals surface area contributed by atoms with Crippen molar-refractivity contribution in [3.8, 4) is 0 Å². The zero-order chi connectivity index (χ0) is 13.3. The number of pyridine rings is 1. The normalized spacial score (nSPS) is 10.5. The molecule has 2 nitrogen and oxygen atoms in total. The van der Waals surface area contributed by atoms with E-state index >= 15 is 0 Å². The van der Waals surface area contributed by atoms with E-state index in [1.54, 1.807) is 0 Å². The largest absolute Gasteiger partial charge is 0.333 e. The molecule has 0 fully saturated rings. The summed E-state index contributed by atoms with van der Waals surface area (Å²) in [7, 11) is 0.